The number of benzene rings is 1. The highest BCUT2D eigenvalue weighted by molar-refractivity contribution is 6.42. The Morgan fingerprint density at radius 1 is 1.18 bits per heavy atom. The molecule has 0 fully saturated rings. The minimum atomic E-state index is -0.649. The van der Waals surface area contributed by atoms with Gasteiger partial charge < -0.3 is 0 Å². The van der Waals surface area contributed by atoms with E-state index < -0.39 is 5.82 Å². The summed E-state index contributed by atoms with van der Waals surface area (Å²) in [5.74, 6) is -0.649. The van der Waals surface area contributed by atoms with E-state index in [1.165, 1.54) is 6.07 Å². The molecule has 0 aliphatic carbocycles. The summed E-state index contributed by atoms with van der Waals surface area (Å²) < 4.78 is 13.1. The minimum absolute atomic E-state index is 0.0407. The maximum Gasteiger partial charge on any atom is 0.153 e. The van der Waals surface area contributed by atoms with Gasteiger partial charge in [-0.2, -0.15) is 0 Å². The van der Waals surface area contributed by atoms with Gasteiger partial charge in [0.15, 0.2) is 12.1 Å². The van der Waals surface area contributed by atoms with Gasteiger partial charge in [-0.05, 0) is 18.2 Å². The zero-order valence-electron chi connectivity index (χ0n) is 8.45. The van der Waals surface area contributed by atoms with Gasteiger partial charge in [0.05, 0.1) is 27.5 Å². The number of hydrogen-bond donors (Lipinski definition) is 0. The van der Waals surface area contributed by atoms with Crippen molar-refractivity contribution in [1.82, 2.24) is 4.98 Å². The number of hydrogen-bond acceptors (Lipinski definition) is 2. The molecular formula is C12H6Cl2FNO. The number of rotatable bonds is 2. The lowest BCUT2D eigenvalue weighted by Gasteiger charge is -2.03. The third-order valence-electron chi connectivity index (χ3n) is 2.23. The Labute approximate surface area is 107 Å². The summed E-state index contributed by atoms with van der Waals surface area (Å²) in [5, 5.41) is 0.802. The van der Waals surface area contributed by atoms with E-state index >= 15 is 0 Å². The summed E-state index contributed by atoms with van der Waals surface area (Å²) in [5.41, 5.74) is 1.09. The second-order valence-electron chi connectivity index (χ2n) is 3.34. The lowest BCUT2D eigenvalue weighted by Crippen LogP contribution is -1.92. The Morgan fingerprint density at radius 2 is 1.94 bits per heavy atom. The topological polar surface area (TPSA) is 30.0 Å². The number of pyridine rings is 1. The summed E-state index contributed by atoms with van der Waals surface area (Å²) >= 11 is 11.6. The van der Waals surface area contributed by atoms with E-state index in [-0.39, 0.29) is 5.56 Å². The standard InChI is InChI=1S/C12H6Cl2FNO/c13-9-2-1-7(3-10(9)14)12-4-8(6-17)11(15)5-16-12/h1-6H. The number of aldehydes is 1. The first-order valence-electron chi connectivity index (χ1n) is 4.68. The van der Waals surface area contributed by atoms with Crippen LogP contribution in [-0.2, 0) is 0 Å². The van der Waals surface area contributed by atoms with Crippen LogP contribution in [0.1, 0.15) is 10.4 Å². The van der Waals surface area contributed by atoms with Crippen molar-refractivity contribution in [3.8, 4) is 11.3 Å². The largest absolute Gasteiger partial charge is 0.298 e. The van der Waals surface area contributed by atoms with Crippen LogP contribution < -0.4 is 0 Å². The molecule has 1 heterocycles. The van der Waals surface area contributed by atoms with E-state index in [0.29, 0.717) is 27.6 Å². The highest BCUT2D eigenvalue weighted by Crippen LogP contribution is 2.27. The van der Waals surface area contributed by atoms with Crippen molar-refractivity contribution in [1.29, 1.82) is 0 Å². The molecule has 1 aromatic carbocycles. The molecule has 0 aliphatic heterocycles. The molecule has 17 heavy (non-hydrogen) atoms. The van der Waals surface area contributed by atoms with Gasteiger partial charge in [0.2, 0.25) is 0 Å². The molecule has 1 aromatic heterocycles. The second kappa shape index (κ2) is 4.82. The Bertz CT molecular complexity index is 587. The molecule has 86 valence electrons. The van der Waals surface area contributed by atoms with Gasteiger partial charge in [0.1, 0.15) is 0 Å². The predicted octanol–water partition coefficient (Wildman–Crippen LogP) is 4.01. The van der Waals surface area contributed by atoms with Gasteiger partial charge in [-0.25, -0.2) is 4.39 Å². The van der Waals surface area contributed by atoms with Crippen molar-refractivity contribution in [3.05, 3.63) is 51.9 Å². The molecule has 2 aromatic rings. The molecule has 0 amide bonds. The van der Waals surface area contributed by atoms with Gasteiger partial charge in [-0.15, -0.1) is 0 Å². The maximum atomic E-state index is 13.1. The molecule has 5 heteroatoms. The summed E-state index contributed by atoms with van der Waals surface area (Å²) in [6.07, 6.45) is 1.44. The second-order valence-corrected chi connectivity index (χ2v) is 4.15. The highest BCUT2D eigenvalue weighted by Gasteiger charge is 2.07. The van der Waals surface area contributed by atoms with E-state index in [0.717, 1.165) is 6.20 Å². The van der Waals surface area contributed by atoms with Crippen molar-refractivity contribution in [2.24, 2.45) is 0 Å². The normalized spacial score (nSPS) is 10.3. The van der Waals surface area contributed by atoms with Crippen LogP contribution in [0.15, 0.2) is 30.5 Å². The van der Waals surface area contributed by atoms with Crippen molar-refractivity contribution >= 4 is 29.5 Å². The van der Waals surface area contributed by atoms with Gasteiger partial charge in [0, 0.05) is 5.56 Å². The summed E-state index contributed by atoms with van der Waals surface area (Å²) in [6.45, 7) is 0. The van der Waals surface area contributed by atoms with Crippen molar-refractivity contribution in [2.45, 2.75) is 0 Å². The zero-order chi connectivity index (χ0) is 12.4. The van der Waals surface area contributed by atoms with Crippen molar-refractivity contribution in [2.75, 3.05) is 0 Å². The van der Waals surface area contributed by atoms with Crippen LogP contribution in [0.2, 0.25) is 10.0 Å². The van der Waals surface area contributed by atoms with Crippen LogP contribution in [0.5, 0.6) is 0 Å². The average molecular weight is 270 g/mol. The molecule has 2 rings (SSSR count). The van der Waals surface area contributed by atoms with Crippen LogP contribution in [0.4, 0.5) is 4.39 Å². The van der Waals surface area contributed by atoms with E-state index in [2.05, 4.69) is 4.98 Å². The molecule has 0 aliphatic rings. The SMILES string of the molecule is O=Cc1cc(-c2ccc(Cl)c(Cl)c2)ncc1F. The molecule has 0 radical (unpaired) electrons. The fourth-order valence-electron chi connectivity index (χ4n) is 1.36. The molecule has 0 saturated carbocycles. The smallest absolute Gasteiger partial charge is 0.153 e. The first-order chi connectivity index (χ1) is 8.11. The number of aromatic nitrogens is 1. The third kappa shape index (κ3) is 2.46. The lowest BCUT2D eigenvalue weighted by molar-refractivity contribution is 0.111. The molecule has 0 saturated heterocycles. The van der Waals surface area contributed by atoms with Crippen LogP contribution >= 0.6 is 23.2 Å². The van der Waals surface area contributed by atoms with Crippen LogP contribution in [-0.4, -0.2) is 11.3 Å². The van der Waals surface area contributed by atoms with Gasteiger partial charge in [-0.1, -0.05) is 29.3 Å². The number of halogens is 3. The fourth-order valence-corrected chi connectivity index (χ4v) is 1.66. The van der Waals surface area contributed by atoms with E-state index in [1.807, 2.05) is 0 Å². The van der Waals surface area contributed by atoms with E-state index in [4.69, 9.17) is 23.2 Å². The Hall–Kier alpha value is -1.45. The first-order valence-corrected chi connectivity index (χ1v) is 5.43. The monoisotopic (exact) mass is 269 g/mol. The van der Waals surface area contributed by atoms with Crippen LogP contribution in [0.25, 0.3) is 11.3 Å². The summed E-state index contributed by atoms with van der Waals surface area (Å²) in [4.78, 5) is 14.5. The molecule has 0 bridgehead atoms. The van der Waals surface area contributed by atoms with Crippen LogP contribution in [0, 0.1) is 5.82 Å². The quantitative estimate of drug-likeness (QED) is 0.772. The fraction of sp³-hybridized carbons (Fsp3) is 0. The zero-order valence-corrected chi connectivity index (χ0v) is 9.97. The molecule has 0 N–H and O–H groups in total. The Morgan fingerprint density at radius 3 is 2.59 bits per heavy atom. The minimum Gasteiger partial charge on any atom is -0.298 e. The van der Waals surface area contributed by atoms with E-state index in [1.54, 1.807) is 18.2 Å². The third-order valence-corrected chi connectivity index (χ3v) is 2.97. The highest BCUT2D eigenvalue weighted by atomic mass is 35.5. The van der Waals surface area contributed by atoms with Crippen LogP contribution in [0.3, 0.4) is 0 Å². The number of carbonyl (C=O) groups excluding carboxylic acids is 1. The molecule has 0 atom stereocenters. The van der Waals surface area contributed by atoms with Gasteiger partial charge >= 0.3 is 0 Å². The van der Waals surface area contributed by atoms with E-state index in [9.17, 15) is 9.18 Å². The van der Waals surface area contributed by atoms with Crippen molar-refractivity contribution in [3.63, 3.8) is 0 Å². The molecule has 0 unspecified atom stereocenters. The Kier molecular flexibility index (Phi) is 3.41. The lowest BCUT2D eigenvalue weighted by atomic mass is 10.1. The molecule has 2 nitrogen and oxygen atoms in total. The van der Waals surface area contributed by atoms with Crippen molar-refractivity contribution < 1.29 is 9.18 Å². The average Bonchev–Trinajstić information content (AvgIpc) is 2.33. The molecule has 0 spiro atoms. The van der Waals surface area contributed by atoms with Gasteiger partial charge in [0.25, 0.3) is 0 Å². The Balaban J connectivity index is 2.52. The molecular weight excluding hydrogens is 264 g/mol. The summed E-state index contributed by atoms with van der Waals surface area (Å²) in [6, 6.07) is 6.29. The first kappa shape index (κ1) is 12.0. The van der Waals surface area contributed by atoms with Gasteiger partial charge in [-0.3, -0.25) is 9.78 Å². The summed E-state index contributed by atoms with van der Waals surface area (Å²) in [7, 11) is 0. The number of carbonyl (C=O) groups is 1. The number of nitrogens with zero attached hydrogens (tertiary/aromatic N) is 1. The maximum absolute atomic E-state index is 13.1. The predicted molar refractivity (Wildman–Crippen MR) is 65.0 cm³/mol.